The summed E-state index contributed by atoms with van der Waals surface area (Å²) in [7, 11) is -4.62. The monoisotopic (exact) mass is 755 g/mol. The first-order valence-corrected chi connectivity index (χ1v) is 19.7. The van der Waals surface area contributed by atoms with Gasteiger partial charge in [-0.3, -0.25) is 9.69 Å². The Morgan fingerprint density at radius 2 is 1.75 bits per heavy atom. The van der Waals surface area contributed by atoms with Gasteiger partial charge in [0, 0.05) is 51.1 Å². The third-order valence-corrected chi connectivity index (χ3v) is 12.7. The van der Waals surface area contributed by atoms with E-state index >= 15 is 8.78 Å². The number of nitrogens with zero attached hydrogens (tertiary/aromatic N) is 5. The molecule has 17 heteroatoms. The number of fused-ring (bicyclic) bond motifs is 1. The Morgan fingerprint density at radius 1 is 1.04 bits per heavy atom. The molecule has 276 valence electrons. The van der Waals surface area contributed by atoms with Crippen LogP contribution in [0.3, 0.4) is 0 Å². The molecule has 2 aliphatic rings. The maximum atomic E-state index is 15.3. The number of aromatic nitrogens is 3. The van der Waals surface area contributed by atoms with E-state index in [1.165, 1.54) is 50.6 Å². The van der Waals surface area contributed by atoms with Crippen LogP contribution in [0.1, 0.15) is 19.0 Å². The maximum absolute atomic E-state index is 15.3. The van der Waals surface area contributed by atoms with Gasteiger partial charge in [0.25, 0.3) is 0 Å². The third kappa shape index (κ3) is 7.23. The highest BCUT2D eigenvalue weighted by Gasteiger charge is 2.42. The number of piperazine rings is 1. The van der Waals surface area contributed by atoms with E-state index in [1.807, 2.05) is 11.9 Å². The van der Waals surface area contributed by atoms with Gasteiger partial charge in [-0.25, -0.2) is 39.6 Å². The summed E-state index contributed by atoms with van der Waals surface area (Å²) in [6, 6.07) is 9.90. The number of carbonyl (C=O) groups is 1. The van der Waals surface area contributed by atoms with E-state index in [4.69, 9.17) is 4.74 Å². The summed E-state index contributed by atoms with van der Waals surface area (Å²) < 4.78 is 88.4. The number of benzene rings is 2. The van der Waals surface area contributed by atoms with E-state index in [9.17, 15) is 21.6 Å². The van der Waals surface area contributed by atoms with Gasteiger partial charge in [0.05, 0.1) is 29.7 Å². The summed E-state index contributed by atoms with van der Waals surface area (Å²) >= 11 is 0. The summed E-state index contributed by atoms with van der Waals surface area (Å²) in [5.41, 5.74) is 0.331. The summed E-state index contributed by atoms with van der Waals surface area (Å²) in [5, 5.41) is 6.13. The van der Waals surface area contributed by atoms with Gasteiger partial charge >= 0.3 is 0 Å². The molecule has 3 heterocycles. The lowest BCUT2D eigenvalue weighted by atomic mass is 9.93. The topological polar surface area (TPSA) is 156 Å². The van der Waals surface area contributed by atoms with Crippen LogP contribution in [-0.2, 0) is 29.4 Å². The normalized spacial score (nSPS) is 19.4. The van der Waals surface area contributed by atoms with E-state index < -0.39 is 47.2 Å². The lowest BCUT2D eigenvalue weighted by Gasteiger charge is -2.36. The molecular formula is C35H39F2N7O6S2. The van der Waals surface area contributed by atoms with Crippen molar-refractivity contribution in [1.29, 1.82) is 0 Å². The molecule has 1 aliphatic heterocycles. The molecule has 4 aromatic rings. The molecule has 13 nitrogen and oxygen atoms in total. The van der Waals surface area contributed by atoms with Crippen molar-refractivity contribution in [2.75, 3.05) is 63.8 Å². The van der Waals surface area contributed by atoms with Crippen LogP contribution >= 0.6 is 0 Å². The number of allylic oxidation sites excluding steroid dienone is 3. The molecule has 1 unspecified atom stereocenters. The highest BCUT2D eigenvalue weighted by molar-refractivity contribution is 7.91. The second-order valence-electron chi connectivity index (χ2n) is 13.1. The Bertz CT molecular complexity index is 2300. The van der Waals surface area contributed by atoms with Crippen LogP contribution in [0.2, 0.25) is 0 Å². The first kappa shape index (κ1) is 37.2. The lowest BCUT2D eigenvalue weighted by molar-refractivity contribution is -0.124. The zero-order chi connectivity index (χ0) is 37.4. The molecule has 6 rings (SSSR count). The van der Waals surface area contributed by atoms with Gasteiger partial charge in [-0.2, -0.15) is 0 Å². The molecule has 0 spiro atoms. The number of anilines is 3. The maximum Gasteiger partial charge on any atom is 0.248 e. The molecule has 1 aliphatic carbocycles. The van der Waals surface area contributed by atoms with E-state index in [0.717, 1.165) is 35.6 Å². The molecule has 0 bridgehead atoms. The number of hydrogen-bond donors (Lipinski definition) is 2. The van der Waals surface area contributed by atoms with Crippen molar-refractivity contribution >= 4 is 59.6 Å². The van der Waals surface area contributed by atoms with Gasteiger partial charge in [-0.05, 0) is 50.2 Å². The summed E-state index contributed by atoms with van der Waals surface area (Å²) in [4.78, 5) is 25.5. The van der Waals surface area contributed by atoms with Gasteiger partial charge in [-0.15, -0.1) is 0 Å². The van der Waals surface area contributed by atoms with Crippen molar-refractivity contribution in [1.82, 2.24) is 23.7 Å². The average Bonchev–Trinajstić information content (AvgIpc) is 3.55. The molecule has 1 amide bonds. The van der Waals surface area contributed by atoms with Crippen LogP contribution in [0.4, 0.5) is 26.1 Å². The number of amides is 1. The minimum Gasteiger partial charge on any atom is -0.383 e. The number of hydrogen-bond acceptors (Lipinski definition) is 11. The zero-order valence-corrected chi connectivity index (χ0v) is 30.6. The van der Waals surface area contributed by atoms with Gasteiger partial charge < -0.3 is 20.3 Å². The number of ether oxygens (including phenoxy) is 1. The second kappa shape index (κ2) is 14.5. The Morgan fingerprint density at radius 3 is 2.46 bits per heavy atom. The van der Waals surface area contributed by atoms with Crippen molar-refractivity contribution in [2.24, 2.45) is 0 Å². The van der Waals surface area contributed by atoms with E-state index in [2.05, 4.69) is 25.5 Å². The highest BCUT2D eigenvalue weighted by atomic mass is 32.2. The van der Waals surface area contributed by atoms with Crippen LogP contribution in [0.15, 0.2) is 78.0 Å². The van der Waals surface area contributed by atoms with Crippen LogP contribution in [-0.4, -0.2) is 110 Å². The molecule has 2 atom stereocenters. The standard InChI is InChI=1S/C35H39F2N7O6S2/c1-35(14-7-9-24(20-35)31-25(36)21-38-34(41-31)40-26-10-6-12-29(30(26)37)51(4,46)47)52(48,49)44-15-13-23-8-5-11-27(32(23)44)39-33(45)28(22-50-3)43-18-16-42(2)17-19-43/h5-15,21,28H,16-20,22H2,1-4H3,(H,39,45)(H,38,40,41)/t28-,35?/m1/s1. The molecule has 2 N–H and O–H groups in total. The summed E-state index contributed by atoms with van der Waals surface area (Å²) in [6.45, 7) is 4.59. The van der Waals surface area contributed by atoms with Crippen molar-refractivity contribution in [3.05, 3.63) is 90.4 Å². The first-order valence-electron chi connectivity index (χ1n) is 16.4. The molecule has 52 heavy (non-hydrogen) atoms. The third-order valence-electron chi connectivity index (χ3n) is 9.33. The van der Waals surface area contributed by atoms with Gasteiger partial charge in [0.1, 0.15) is 21.4 Å². The molecule has 2 aromatic heterocycles. The van der Waals surface area contributed by atoms with Crippen LogP contribution < -0.4 is 10.6 Å². The van der Waals surface area contributed by atoms with Crippen LogP contribution in [0, 0.1) is 11.6 Å². The number of nitrogens with one attached hydrogen (secondary N) is 2. The summed E-state index contributed by atoms with van der Waals surface area (Å²) in [5.74, 6) is -2.47. The first-order chi connectivity index (χ1) is 24.6. The Hall–Kier alpha value is -4.55. The average molecular weight is 756 g/mol. The number of carbonyl (C=O) groups excluding carboxylic acids is 1. The fourth-order valence-corrected chi connectivity index (χ4v) is 8.88. The second-order valence-corrected chi connectivity index (χ2v) is 17.4. The summed E-state index contributed by atoms with van der Waals surface area (Å²) in [6.07, 6.45) is 7.49. The van der Waals surface area contributed by atoms with E-state index in [0.29, 0.717) is 24.2 Å². The fraction of sp³-hybridized carbons (Fsp3) is 0.343. The van der Waals surface area contributed by atoms with Gasteiger partial charge in [0.2, 0.25) is 21.9 Å². The smallest absolute Gasteiger partial charge is 0.248 e. The minimum atomic E-state index is -4.29. The number of rotatable bonds is 11. The quantitative estimate of drug-likeness (QED) is 0.228. The fourth-order valence-electron chi connectivity index (χ4n) is 6.41. The van der Waals surface area contributed by atoms with Crippen molar-refractivity contribution in [2.45, 2.75) is 29.0 Å². The number of para-hydroxylation sites is 1. The predicted molar refractivity (Wildman–Crippen MR) is 195 cm³/mol. The van der Waals surface area contributed by atoms with Crippen molar-refractivity contribution in [3.63, 3.8) is 0 Å². The Balaban J connectivity index is 1.29. The van der Waals surface area contributed by atoms with Crippen LogP contribution in [0.5, 0.6) is 0 Å². The molecular weight excluding hydrogens is 717 g/mol. The molecule has 0 saturated carbocycles. The van der Waals surface area contributed by atoms with E-state index in [1.54, 1.807) is 24.3 Å². The lowest BCUT2D eigenvalue weighted by Crippen LogP contribution is -2.54. The highest BCUT2D eigenvalue weighted by Crippen LogP contribution is 2.39. The number of halogens is 2. The van der Waals surface area contributed by atoms with Gasteiger partial charge in [0.15, 0.2) is 21.5 Å². The molecule has 1 saturated heterocycles. The zero-order valence-electron chi connectivity index (χ0n) is 29.0. The SMILES string of the molecule is COC[C@H](C(=O)Nc1cccc2ccn(S(=O)(=O)C3(C)C=CC=C(c4nc(Nc5cccc(S(C)(=O)=O)c5F)ncc4F)C3)c12)N1CCN(C)CC1. The number of sulfone groups is 1. The number of methoxy groups -OCH3 is 1. The van der Waals surface area contributed by atoms with E-state index in [-0.39, 0.29) is 47.4 Å². The molecule has 0 radical (unpaired) electrons. The largest absolute Gasteiger partial charge is 0.383 e. The van der Waals surface area contributed by atoms with Crippen LogP contribution in [0.25, 0.3) is 16.5 Å². The number of likely N-dealkylation sites (N-methyl/N-ethyl adjacent to an activating group) is 1. The minimum absolute atomic E-state index is 0.154. The Labute approximate surface area is 301 Å². The van der Waals surface area contributed by atoms with Crippen molar-refractivity contribution in [3.8, 4) is 0 Å². The Kier molecular flexibility index (Phi) is 10.4. The predicted octanol–water partition coefficient (Wildman–Crippen LogP) is 4.04. The molecule has 1 fully saturated rings. The van der Waals surface area contributed by atoms with Gasteiger partial charge in [-0.1, -0.05) is 36.4 Å². The van der Waals surface area contributed by atoms with Crippen molar-refractivity contribution < 1.29 is 35.1 Å². The molecule has 2 aromatic carbocycles.